The highest BCUT2D eigenvalue weighted by Crippen LogP contribution is 2.22. The van der Waals surface area contributed by atoms with Crippen LogP contribution in [0.15, 0.2) is 29.2 Å². The summed E-state index contributed by atoms with van der Waals surface area (Å²) in [5, 5.41) is 0. The van der Waals surface area contributed by atoms with Crippen molar-refractivity contribution in [1.29, 1.82) is 0 Å². The first-order chi connectivity index (χ1) is 9.13. The minimum Gasteiger partial charge on any atom is -0.367 e. The predicted octanol–water partition coefficient (Wildman–Crippen LogP) is 2.67. The summed E-state index contributed by atoms with van der Waals surface area (Å²) in [5.74, 6) is 0. The van der Waals surface area contributed by atoms with Crippen LogP contribution >= 0.6 is 0 Å². The van der Waals surface area contributed by atoms with E-state index in [0.29, 0.717) is 0 Å². The number of rotatable bonds is 6. The van der Waals surface area contributed by atoms with Crippen molar-refractivity contribution < 1.29 is 30.5 Å². The Hall–Kier alpha value is -1.12. The fourth-order valence-corrected chi connectivity index (χ4v) is 2.13. The molecule has 0 aromatic heterocycles. The lowest BCUT2D eigenvalue weighted by Crippen LogP contribution is -2.29. The molecule has 0 aliphatic rings. The first kappa shape index (κ1) is 16.9. The molecule has 0 spiro atoms. The van der Waals surface area contributed by atoms with Crippen molar-refractivity contribution in [3.63, 3.8) is 0 Å². The smallest absolute Gasteiger partial charge is 0.367 e. The monoisotopic (exact) mass is 312 g/mol. The molecule has 1 unspecified atom stereocenters. The van der Waals surface area contributed by atoms with Crippen LogP contribution in [-0.4, -0.2) is 33.9 Å². The molecule has 0 radical (unpaired) electrons. The van der Waals surface area contributed by atoms with Gasteiger partial charge >= 0.3 is 6.18 Å². The number of alkyl halides is 3. The van der Waals surface area contributed by atoms with Crippen molar-refractivity contribution in [2.75, 3.05) is 13.2 Å². The second-order valence-corrected chi connectivity index (χ2v) is 5.76. The largest absolute Gasteiger partial charge is 0.414 e. The van der Waals surface area contributed by atoms with Gasteiger partial charge in [0, 0.05) is 0 Å². The summed E-state index contributed by atoms with van der Waals surface area (Å²) >= 11 is 0. The maximum atomic E-state index is 12.1. The van der Waals surface area contributed by atoms with Gasteiger partial charge in [0.2, 0.25) is 0 Å². The van der Waals surface area contributed by atoms with Crippen molar-refractivity contribution in [1.82, 2.24) is 0 Å². The van der Waals surface area contributed by atoms with E-state index in [2.05, 4.69) is 8.92 Å². The Morgan fingerprint density at radius 2 is 1.70 bits per heavy atom. The molecule has 0 fully saturated rings. The van der Waals surface area contributed by atoms with Crippen LogP contribution in [-0.2, 0) is 19.0 Å². The molecule has 0 amide bonds. The predicted molar refractivity (Wildman–Crippen MR) is 65.8 cm³/mol. The second kappa shape index (κ2) is 6.55. The number of aryl methyl sites for hydroxylation is 1. The molecule has 0 bridgehead atoms. The third kappa shape index (κ3) is 5.10. The van der Waals surface area contributed by atoms with Gasteiger partial charge in [-0.3, -0.25) is 4.18 Å². The Morgan fingerprint density at radius 1 is 1.15 bits per heavy atom. The van der Waals surface area contributed by atoms with E-state index in [1.165, 1.54) is 12.1 Å². The highest BCUT2D eigenvalue weighted by Gasteiger charge is 2.36. The lowest BCUT2D eigenvalue weighted by atomic mass is 10.2. The Labute approximate surface area is 115 Å². The van der Waals surface area contributed by atoms with Crippen LogP contribution in [0.5, 0.6) is 0 Å². The summed E-state index contributed by atoms with van der Waals surface area (Å²) in [6, 6.07) is 5.92. The number of halogens is 3. The average Bonchev–Trinajstić information content (AvgIpc) is 2.33. The Balaban J connectivity index is 2.47. The van der Waals surface area contributed by atoms with Crippen molar-refractivity contribution >= 4 is 10.1 Å². The molecule has 114 valence electrons. The minimum absolute atomic E-state index is 0.0491. The zero-order valence-electron chi connectivity index (χ0n) is 11.0. The van der Waals surface area contributed by atoms with Gasteiger partial charge < -0.3 is 4.74 Å². The summed E-state index contributed by atoms with van der Waals surface area (Å²) in [6.07, 6.45) is -6.44. The molecule has 20 heavy (non-hydrogen) atoms. The highest BCUT2D eigenvalue weighted by atomic mass is 32.2. The van der Waals surface area contributed by atoms with Crippen LogP contribution in [0.4, 0.5) is 13.2 Å². The number of hydrogen-bond acceptors (Lipinski definition) is 4. The third-order valence-corrected chi connectivity index (χ3v) is 3.79. The molecule has 1 atom stereocenters. The molecular formula is C12H15F3O4S. The number of ether oxygens (including phenoxy) is 1. The third-order valence-electron chi connectivity index (χ3n) is 2.46. The summed E-state index contributed by atoms with van der Waals surface area (Å²) < 4.78 is 68.8. The van der Waals surface area contributed by atoms with Gasteiger partial charge in [0.25, 0.3) is 10.1 Å². The first-order valence-electron chi connectivity index (χ1n) is 5.77. The van der Waals surface area contributed by atoms with Gasteiger partial charge in [-0.25, -0.2) is 0 Å². The van der Waals surface area contributed by atoms with Crippen LogP contribution in [0.3, 0.4) is 0 Å². The van der Waals surface area contributed by atoms with E-state index in [0.717, 1.165) is 12.5 Å². The van der Waals surface area contributed by atoms with Crippen molar-refractivity contribution in [2.45, 2.75) is 31.0 Å². The van der Waals surface area contributed by atoms with Gasteiger partial charge in [-0.2, -0.15) is 21.6 Å². The summed E-state index contributed by atoms with van der Waals surface area (Å²) in [7, 11) is -3.97. The topological polar surface area (TPSA) is 52.6 Å². The molecule has 0 aliphatic heterocycles. The standard InChI is InChI=1S/C12H15F3O4S/c1-9-3-5-11(6-4-9)20(16,17)19-8-7-18-10(2)12(13,14)15/h3-6,10H,7-8H2,1-2H3. The van der Waals surface area contributed by atoms with Crippen molar-refractivity contribution in [3.05, 3.63) is 29.8 Å². The number of benzene rings is 1. The average molecular weight is 312 g/mol. The maximum absolute atomic E-state index is 12.1. The van der Waals surface area contributed by atoms with Gasteiger partial charge in [0.15, 0.2) is 6.10 Å². The van der Waals surface area contributed by atoms with Gasteiger partial charge in [0.1, 0.15) is 0 Å². The zero-order chi connectivity index (χ0) is 15.4. The Kier molecular flexibility index (Phi) is 5.55. The van der Waals surface area contributed by atoms with E-state index in [-0.39, 0.29) is 4.90 Å². The minimum atomic E-state index is -4.48. The van der Waals surface area contributed by atoms with E-state index < -0.39 is 35.6 Å². The fourth-order valence-electron chi connectivity index (χ4n) is 1.24. The summed E-state index contributed by atoms with van der Waals surface area (Å²) in [5.41, 5.74) is 0.881. The summed E-state index contributed by atoms with van der Waals surface area (Å²) in [4.78, 5) is -0.0491. The quantitative estimate of drug-likeness (QED) is 0.598. The van der Waals surface area contributed by atoms with Gasteiger partial charge in [-0.05, 0) is 26.0 Å². The van der Waals surface area contributed by atoms with Gasteiger partial charge in [-0.1, -0.05) is 17.7 Å². The molecule has 1 aromatic rings. The molecule has 0 N–H and O–H groups in total. The fraction of sp³-hybridized carbons (Fsp3) is 0.500. The van der Waals surface area contributed by atoms with Crippen molar-refractivity contribution in [3.8, 4) is 0 Å². The second-order valence-electron chi connectivity index (χ2n) is 4.14. The van der Waals surface area contributed by atoms with Crippen LogP contribution in [0, 0.1) is 6.92 Å². The molecule has 0 aliphatic carbocycles. The Morgan fingerprint density at radius 3 is 2.20 bits per heavy atom. The van der Waals surface area contributed by atoms with E-state index in [1.807, 2.05) is 0 Å². The van der Waals surface area contributed by atoms with Gasteiger partial charge in [0.05, 0.1) is 18.1 Å². The molecule has 0 heterocycles. The van der Waals surface area contributed by atoms with Crippen molar-refractivity contribution in [2.24, 2.45) is 0 Å². The van der Waals surface area contributed by atoms with Crippen LogP contribution in [0.1, 0.15) is 12.5 Å². The molecular weight excluding hydrogens is 297 g/mol. The lowest BCUT2D eigenvalue weighted by Gasteiger charge is -2.16. The van der Waals surface area contributed by atoms with Crippen LogP contribution in [0.25, 0.3) is 0 Å². The van der Waals surface area contributed by atoms with E-state index in [9.17, 15) is 21.6 Å². The highest BCUT2D eigenvalue weighted by molar-refractivity contribution is 7.86. The molecule has 0 saturated heterocycles. The van der Waals surface area contributed by atoms with E-state index in [4.69, 9.17) is 0 Å². The van der Waals surface area contributed by atoms with Crippen LogP contribution in [0.2, 0.25) is 0 Å². The molecule has 1 aromatic carbocycles. The lowest BCUT2D eigenvalue weighted by molar-refractivity contribution is -0.215. The SMILES string of the molecule is Cc1ccc(S(=O)(=O)OCCOC(C)C(F)(F)F)cc1. The molecule has 8 heteroatoms. The Bertz CT molecular complexity index is 523. The molecule has 4 nitrogen and oxygen atoms in total. The summed E-state index contributed by atoms with van der Waals surface area (Å²) in [6.45, 7) is 1.69. The zero-order valence-corrected chi connectivity index (χ0v) is 11.8. The van der Waals surface area contributed by atoms with E-state index in [1.54, 1.807) is 19.1 Å². The normalized spacial score (nSPS) is 14.2. The maximum Gasteiger partial charge on any atom is 0.414 e. The van der Waals surface area contributed by atoms with E-state index >= 15 is 0 Å². The van der Waals surface area contributed by atoms with Crippen LogP contribution < -0.4 is 0 Å². The first-order valence-corrected chi connectivity index (χ1v) is 7.18. The molecule has 1 rings (SSSR count). The number of hydrogen-bond donors (Lipinski definition) is 0. The molecule has 0 saturated carbocycles. The van der Waals surface area contributed by atoms with Gasteiger partial charge in [-0.15, -0.1) is 0 Å².